The monoisotopic (exact) mass is 237 g/mol. The van der Waals surface area contributed by atoms with E-state index in [0.29, 0.717) is 11.9 Å². The number of guanidine groups is 1. The molecular weight excluding hydrogens is 214 g/mol. The average Bonchev–Trinajstić information content (AvgIpc) is 2.51. The Morgan fingerprint density at radius 2 is 2.06 bits per heavy atom. The van der Waals surface area contributed by atoms with Gasteiger partial charge in [0.15, 0.2) is 5.96 Å². The maximum Gasteiger partial charge on any atom is 0.252 e. The van der Waals surface area contributed by atoms with E-state index < -0.39 is 5.54 Å². The van der Waals surface area contributed by atoms with Crippen LogP contribution in [0.25, 0.3) is 0 Å². The van der Waals surface area contributed by atoms with Gasteiger partial charge in [0.1, 0.15) is 5.54 Å². The summed E-state index contributed by atoms with van der Waals surface area (Å²) in [4.78, 5) is 16.6. The summed E-state index contributed by atoms with van der Waals surface area (Å²) in [6.07, 6.45) is 1.95. The first kappa shape index (κ1) is 12.4. The Hall–Kier alpha value is -1.06. The van der Waals surface area contributed by atoms with Crippen LogP contribution in [0.3, 0.4) is 0 Å². The van der Waals surface area contributed by atoms with E-state index in [1.54, 1.807) is 0 Å². The zero-order chi connectivity index (χ0) is 12.8. The molecule has 1 saturated carbocycles. The second-order valence-electron chi connectivity index (χ2n) is 6.57. The fraction of sp³-hybridized carbons (Fsp3) is 0.846. The highest BCUT2D eigenvalue weighted by Gasteiger charge is 2.57. The van der Waals surface area contributed by atoms with Crippen molar-refractivity contribution in [1.29, 1.82) is 0 Å². The summed E-state index contributed by atoms with van der Waals surface area (Å²) in [7, 11) is 0. The fourth-order valence-electron chi connectivity index (χ4n) is 3.32. The predicted molar refractivity (Wildman–Crippen MR) is 68.8 cm³/mol. The molecule has 2 rings (SSSR count). The molecule has 4 nitrogen and oxygen atoms in total. The number of carbonyl (C=O) groups is 1. The van der Waals surface area contributed by atoms with Gasteiger partial charge in [0.05, 0.1) is 0 Å². The van der Waals surface area contributed by atoms with Gasteiger partial charge in [0.2, 0.25) is 0 Å². The normalized spacial score (nSPS) is 37.9. The van der Waals surface area contributed by atoms with Gasteiger partial charge in [-0.25, -0.2) is 0 Å². The lowest BCUT2D eigenvalue weighted by Crippen LogP contribution is -2.49. The smallest absolute Gasteiger partial charge is 0.252 e. The van der Waals surface area contributed by atoms with Crippen molar-refractivity contribution in [2.75, 3.05) is 0 Å². The molecule has 0 bridgehead atoms. The number of hydrogen-bond donors (Lipinski definition) is 2. The second kappa shape index (κ2) is 3.72. The number of rotatable bonds is 1. The van der Waals surface area contributed by atoms with Crippen molar-refractivity contribution in [3.63, 3.8) is 0 Å². The van der Waals surface area contributed by atoms with Gasteiger partial charge in [-0.15, -0.1) is 0 Å². The van der Waals surface area contributed by atoms with Gasteiger partial charge in [-0.05, 0) is 38.0 Å². The van der Waals surface area contributed by atoms with Gasteiger partial charge in [-0.2, -0.15) is 0 Å². The van der Waals surface area contributed by atoms with Gasteiger partial charge in [0, 0.05) is 6.04 Å². The lowest BCUT2D eigenvalue weighted by atomic mass is 9.86. The maximum atomic E-state index is 12.2. The Bertz CT molecular complexity index is 373. The first-order valence-electron chi connectivity index (χ1n) is 6.43. The zero-order valence-electron chi connectivity index (χ0n) is 11.4. The highest BCUT2D eigenvalue weighted by atomic mass is 16.2. The minimum Gasteiger partial charge on any atom is -0.341 e. The Morgan fingerprint density at radius 3 is 2.53 bits per heavy atom. The van der Waals surface area contributed by atoms with Crippen LogP contribution in [0, 0.1) is 11.3 Å². The van der Waals surface area contributed by atoms with Crippen LogP contribution in [0.1, 0.15) is 47.5 Å². The van der Waals surface area contributed by atoms with E-state index in [1.165, 1.54) is 0 Å². The molecule has 1 aliphatic heterocycles. The summed E-state index contributed by atoms with van der Waals surface area (Å²) in [6, 6.07) is 0.192. The number of nitrogens with zero attached hydrogens (tertiary/aromatic N) is 1. The van der Waals surface area contributed by atoms with Gasteiger partial charge in [-0.3, -0.25) is 15.1 Å². The number of nitrogens with one attached hydrogen (secondary N) is 2. The molecule has 2 aliphatic rings. The van der Waals surface area contributed by atoms with Crippen LogP contribution in [-0.4, -0.2) is 23.4 Å². The lowest BCUT2D eigenvalue weighted by molar-refractivity contribution is -0.125. The SMILES string of the molecule is CC(C)N=C1NC(=O)C2(CC(C)(C)CC2C)N1. The lowest BCUT2D eigenvalue weighted by Gasteiger charge is -2.26. The molecule has 0 aromatic heterocycles. The molecule has 17 heavy (non-hydrogen) atoms. The van der Waals surface area contributed by atoms with E-state index >= 15 is 0 Å². The molecule has 2 atom stereocenters. The van der Waals surface area contributed by atoms with Gasteiger partial charge in [0.25, 0.3) is 5.91 Å². The Balaban J connectivity index is 2.26. The second-order valence-corrected chi connectivity index (χ2v) is 6.57. The number of carbonyl (C=O) groups excluding carboxylic acids is 1. The third-order valence-electron chi connectivity index (χ3n) is 3.82. The Morgan fingerprint density at radius 1 is 1.41 bits per heavy atom. The average molecular weight is 237 g/mol. The number of amides is 1. The van der Waals surface area contributed by atoms with E-state index in [2.05, 4.69) is 36.4 Å². The van der Waals surface area contributed by atoms with Crippen molar-refractivity contribution >= 4 is 11.9 Å². The summed E-state index contributed by atoms with van der Waals surface area (Å²) in [5.74, 6) is 1.09. The van der Waals surface area contributed by atoms with Crippen LogP contribution < -0.4 is 10.6 Å². The summed E-state index contributed by atoms with van der Waals surface area (Å²) in [6.45, 7) is 10.6. The standard InChI is InChI=1S/C13H23N3O/c1-8(2)14-11-15-10(17)13(16-11)7-12(4,5)6-9(13)3/h8-9H,6-7H2,1-5H3,(H2,14,15,16,17). The van der Waals surface area contributed by atoms with Gasteiger partial charge >= 0.3 is 0 Å². The first-order valence-corrected chi connectivity index (χ1v) is 6.43. The summed E-state index contributed by atoms with van der Waals surface area (Å²) < 4.78 is 0. The van der Waals surface area contributed by atoms with Gasteiger partial charge < -0.3 is 5.32 Å². The van der Waals surface area contributed by atoms with Crippen molar-refractivity contribution in [2.45, 2.75) is 59.0 Å². The molecular formula is C13H23N3O. The van der Waals surface area contributed by atoms with E-state index in [-0.39, 0.29) is 17.4 Å². The molecule has 1 saturated heterocycles. The third-order valence-corrected chi connectivity index (χ3v) is 3.82. The van der Waals surface area contributed by atoms with Crippen LogP contribution in [0.4, 0.5) is 0 Å². The fourth-order valence-corrected chi connectivity index (χ4v) is 3.32. The van der Waals surface area contributed by atoms with Crippen LogP contribution in [0.5, 0.6) is 0 Å². The molecule has 96 valence electrons. The number of hydrogen-bond acceptors (Lipinski definition) is 2. The minimum absolute atomic E-state index is 0.0926. The van der Waals surface area contributed by atoms with Crippen molar-refractivity contribution in [1.82, 2.24) is 10.6 Å². The molecule has 1 heterocycles. The number of aliphatic imine (C=N–C) groups is 1. The molecule has 2 fully saturated rings. The first-order chi connectivity index (χ1) is 7.75. The largest absolute Gasteiger partial charge is 0.341 e. The predicted octanol–water partition coefficient (Wildman–Crippen LogP) is 1.67. The van der Waals surface area contributed by atoms with Crippen LogP contribution in [0.2, 0.25) is 0 Å². The highest BCUT2D eigenvalue weighted by molar-refractivity contribution is 6.09. The van der Waals surface area contributed by atoms with Crippen molar-refractivity contribution in [2.24, 2.45) is 16.3 Å². The molecule has 1 amide bonds. The summed E-state index contributed by atoms with van der Waals surface area (Å²) in [5.41, 5.74) is -0.214. The van der Waals surface area contributed by atoms with E-state index in [0.717, 1.165) is 12.8 Å². The Labute approximate surface area is 103 Å². The molecule has 0 aromatic rings. The molecule has 2 N–H and O–H groups in total. The quantitative estimate of drug-likeness (QED) is 0.729. The summed E-state index contributed by atoms with van der Waals surface area (Å²) in [5, 5.41) is 6.23. The van der Waals surface area contributed by atoms with E-state index in [4.69, 9.17) is 0 Å². The molecule has 4 heteroatoms. The molecule has 1 aliphatic carbocycles. The van der Waals surface area contributed by atoms with E-state index in [1.807, 2.05) is 13.8 Å². The van der Waals surface area contributed by atoms with Crippen molar-refractivity contribution in [3.8, 4) is 0 Å². The van der Waals surface area contributed by atoms with E-state index in [9.17, 15) is 4.79 Å². The maximum absolute atomic E-state index is 12.2. The van der Waals surface area contributed by atoms with Crippen molar-refractivity contribution < 1.29 is 4.79 Å². The topological polar surface area (TPSA) is 53.5 Å². The molecule has 2 unspecified atom stereocenters. The van der Waals surface area contributed by atoms with Crippen molar-refractivity contribution in [3.05, 3.63) is 0 Å². The van der Waals surface area contributed by atoms with Crippen LogP contribution >= 0.6 is 0 Å². The van der Waals surface area contributed by atoms with Crippen LogP contribution in [0.15, 0.2) is 4.99 Å². The Kier molecular flexibility index (Phi) is 2.71. The molecule has 1 spiro atoms. The van der Waals surface area contributed by atoms with Crippen LogP contribution in [-0.2, 0) is 4.79 Å². The van der Waals surface area contributed by atoms with Gasteiger partial charge in [-0.1, -0.05) is 20.8 Å². The highest BCUT2D eigenvalue weighted by Crippen LogP contribution is 2.48. The molecule has 0 radical (unpaired) electrons. The minimum atomic E-state index is -0.433. The third kappa shape index (κ3) is 2.05. The molecule has 0 aromatic carbocycles. The summed E-state index contributed by atoms with van der Waals surface area (Å²) >= 11 is 0. The zero-order valence-corrected chi connectivity index (χ0v) is 11.4.